The first-order chi connectivity index (χ1) is 14.3. The zero-order chi connectivity index (χ0) is 21.3. The SMILES string of the molecule is O=C(Nc1cccc2cnn(-c3cccc(C(F)(F)F)c3)c(=O)c12)c1cnccn1. The van der Waals surface area contributed by atoms with E-state index in [9.17, 15) is 22.8 Å². The molecular formula is C20H12F3N5O2. The van der Waals surface area contributed by atoms with Crippen molar-refractivity contribution < 1.29 is 18.0 Å². The van der Waals surface area contributed by atoms with Crippen molar-refractivity contribution >= 4 is 22.4 Å². The monoisotopic (exact) mass is 411 g/mol. The zero-order valence-corrected chi connectivity index (χ0v) is 15.1. The first-order valence-corrected chi connectivity index (χ1v) is 8.60. The third-order valence-corrected chi connectivity index (χ3v) is 4.28. The Bertz CT molecular complexity index is 1300. The van der Waals surface area contributed by atoms with Crippen LogP contribution in [0.15, 0.2) is 72.0 Å². The molecule has 10 heteroatoms. The van der Waals surface area contributed by atoms with Crippen molar-refractivity contribution in [1.82, 2.24) is 19.7 Å². The van der Waals surface area contributed by atoms with Crippen molar-refractivity contribution in [3.8, 4) is 5.69 Å². The number of carbonyl (C=O) groups excluding carboxylic acids is 1. The molecule has 2 aromatic carbocycles. The zero-order valence-electron chi connectivity index (χ0n) is 15.1. The number of hydrogen-bond acceptors (Lipinski definition) is 5. The Hall–Kier alpha value is -4.08. The van der Waals surface area contributed by atoms with Crippen molar-refractivity contribution in [3.63, 3.8) is 0 Å². The third-order valence-electron chi connectivity index (χ3n) is 4.28. The van der Waals surface area contributed by atoms with Crippen LogP contribution in [0.2, 0.25) is 0 Å². The number of carbonyl (C=O) groups is 1. The van der Waals surface area contributed by atoms with Gasteiger partial charge < -0.3 is 5.32 Å². The number of rotatable bonds is 3. The molecule has 2 heterocycles. The Morgan fingerprint density at radius 1 is 1.03 bits per heavy atom. The minimum absolute atomic E-state index is 0.0433. The average Bonchev–Trinajstić information content (AvgIpc) is 2.74. The largest absolute Gasteiger partial charge is 0.416 e. The van der Waals surface area contributed by atoms with Gasteiger partial charge in [-0.15, -0.1) is 0 Å². The van der Waals surface area contributed by atoms with E-state index in [1.54, 1.807) is 12.1 Å². The number of amides is 1. The Labute approximate surface area is 166 Å². The Balaban J connectivity index is 1.82. The smallest absolute Gasteiger partial charge is 0.320 e. The standard InChI is InChI=1S/C20H12F3N5O2/c21-20(22,23)13-4-2-5-14(9-13)28-19(30)17-12(10-26-28)3-1-6-15(17)27-18(29)16-11-24-7-8-25-16/h1-11H,(H,27,29). The van der Waals surface area contributed by atoms with Gasteiger partial charge in [-0.1, -0.05) is 18.2 Å². The van der Waals surface area contributed by atoms with Crippen LogP contribution in [0, 0.1) is 0 Å². The van der Waals surface area contributed by atoms with Crippen LogP contribution >= 0.6 is 0 Å². The highest BCUT2D eigenvalue weighted by molar-refractivity contribution is 6.07. The highest BCUT2D eigenvalue weighted by atomic mass is 19.4. The molecule has 0 saturated heterocycles. The van der Waals surface area contributed by atoms with E-state index in [-0.39, 0.29) is 22.5 Å². The predicted octanol–water partition coefficient (Wildman–Crippen LogP) is 3.45. The molecular weight excluding hydrogens is 399 g/mol. The van der Waals surface area contributed by atoms with Gasteiger partial charge in [0.05, 0.1) is 34.7 Å². The lowest BCUT2D eigenvalue weighted by atomic mass is 10.1. The Kier molecular flexibility index (Phi) is 4.74. The van der Waals surface area contributed by atoms with E-state index in [4.69, 9.17) is 0 Å². The maximum absolute atomic E-state index is 13.1. The topological polar surface area (TPSA) is 89.8 Å². The lowest BCUT2D eigenvalue weighted by Gasteiger charge is -2.12. The van der Waals surface area contributed by atoms with Crippen LogP contribution in [0.1, 0.15) is 16.1 Å². The van der Waals surface area contributed by atoms with E-state index >= 15 is 0 Å². The van der Waals surface area contributed by atoms with Crippen LogP contribution < -0.4 is 10.9 Å². The maximum atomic E-state index is 13.1. The molecule has 30 heavy (non-hydrogen) atoms. The second-order valence-corrected chi connectivity index (χ2v) is 6.22. The molecule has 0 aliphatic heterocycles. The fourth-order valence-corrected chi connectivity index (χ4v) is 2.90. The summed E-state index contributed by atoms with van der Waals surface area (Å²) in [7, 11) is 0. The number of halogens is 3. The molecule has 0 spiro atoms. The maximum Gasteiger partial charge on any atom is 0.416 e. The molecule has 1 amide bonds. The molecule has 0 aliphatic rings. The van der Waals surface area contributed by atoms with Crippen molar-refractivity contribution in [1.29, 1.82) is 0 Å². The molecule has 7 nitrogen and oxygen atoms in total. The lowest BCUT2D eigenvalue weighted by Crippen LogP contribution is -2.23. The fraction of sp³-hybridized carbons (Fsp3) is 0.0500. The minimum atomic E-state index is -4.56. The lowest BCUT2D eigenvalue weighted by molar-refractivity contribution is -0.137. The summed E-state index contributed by atoms with van der Waals surface area (Å²) >= 11 is 0. The van der Waals surface area contributed by atoms with Crippen molar-refractivity contribution in [2.75, 3.05) is 5.32 Å². The summed E-state index contributed by atoms with van der Waals surface area (Å²) in [5.41, 5.74) is -1.41. The summed E-state index contributed by atoms with van der Waals surface area (Å²) in [6.45, 7) is 0. The van der Waals surface area contributed by atoms with E-state index in [1.165, 1.54) is 43.0 Å². The van der Waals surface area contributed by atoms with Crippen molar-refractivity contribution in [3.05, 3.63) is 88.9 Å². The van der Waals surface area contributed by atoms with Crippen molar-refractivity contribution in [2.45, 2.75) is 6.18 Å². The molecule has 0 radical (unpaired) electrons. The molecule has 0 fully saturated rings. The van der Waals surface area contributed by atoms with Gasteiger partial charge in [-0.2, -0.15) is 23.0 Å². The predicted molar refractivity (Wildman–Crippen MR) is 102 cm³/mol. The molecule has 0 atom stereocenters. The molecule has 2 aromatic heterocycles. The van der Waals surface area contributed by atoms with Gasteiger partial charge in [0.2, 0.25) is 0 Å². The second-order valence-electron chi connectivity index (χ2n) is 6.22. The molecule has 4 aromatic rings. The number of nitrogens with one attached hydrogen (secondary N) is 1. The molecule has 150 valence electrons. The number of anilines is 1. The van der Waals surface area contributed by atoms with Crippen molar-refractivity contribution in [2.24, 2.45) is 0 Å². The van der Waals surface area contributed by atoms with E-state index in [2.05, 4.69) is 20.4 Å². The number of benzene rings is 2. The summed E-state index contributed by atoms with van der Waals surface area (Å²) < 4.78 is 40.0. The number of aromatic nitrogens is 4. The second kappa shape index (κ2) is 7.39. The van der Waals surface area contributed by atoms with Gasteiger partial charge in [0, 0.05) is 17.8 Å². The molecule has 4 rings (SSSR count). The third kappa shape index (κ3) is 3.62. The van der Waals surface area contributed by atoms with Crippen LogP contribution in [0.25, 0.3) is 16.5 Å². The molecule has 0 unspecified atom stereocenters. The molecule has 1 N–H and O–H groups in total. The number of fused-ring (bicyclic) bond motifs is 1. The Morgan fingerprint density at radius 3 is 2.57 bits per heavy atom. The van der Waals surface area contributed by atoms with E-state index < -0.39 is 23.2 Å². The Morgan fingerprint density at radius 2 is 1.83 bits per heavy atom. The van der Waals surface area contributed by atoms with Crippen LogP contribution in [0.5, 0.6) is 0 Å². The van der Waals surface area contributed by atoms with E-state index in [0.717, 1.165) is 16.8 Å². The highest BCUT2D eigenvalue weighted by Crippen LogP contribution is 2.30. The number of alkyl halides is 3. The normalized spacial score (nSPS) is 11.4. The average molecular weight is 411 g/mol. The summed E-state index contributed by atoms with van der Waals surface area (Å²) in [6.07, 6.45) is 0.806. The first-order valence-electron chi connectivity index (χ1n) is 8.60. The summed E-state index contributed by atoms with van der Waals surface area (Å²) in [5.74, 6) is -0.586. The van der Waals surface area contributed by atoms with Gasteiger partial charge in [-0.25, -0.2) is 4.98 Å². The molecule has 0 aliphatic carbocycles. The van der Waals surface area contributed by atoms with Crippen LogP contribution in [-0.4, -0.2) is 25.7 Å². The quantitative estimate of drug-likeness (QED) is 0.558. The number of nitrogens with zero attached hydrogens (tertiary/aromatic N) is 4. The first kappa shape index (κ1) is 19.2. The van der Waals surface area contributed by atoms with E-state index in [1.807, 2.05) is 0 Å². The highest BCUT2D eigenvalue weighted by Gasteiger charge is 2.30. The van der Waals surface area contributed by atoms with Gasteiger partial charge >= 0.3 is 6.18 Å². The summed E-state index contributed by atoms with van der Waals surface area (Å²) in [6, 6.07) is 9.01. The van der Waals surface area contributed by atoms with Gasteiger partial charge in [-0.05, 0) is 24.3 Å². The van der Waals surface area contributed by atoms with Crippen LogP contribution in [0.4, 0.5) is 18.9 Å². The molecule has 0 saturated carbocycles. The van der Waals surface area contributed by atoms with Crippen LogP contribution in [0.3, 0.4) is 0 Å². The summed E-state index contributed by atoms with van der Waals surface area (Å²) in [4.78, 5) is 33.2. The van der Waals surface area contributed by atoms with Gasteiger partial charge in [0.1, 0.15) is 5.69 Å². The van der Waals surface area contributed by atoms with Gasteiger partial charge in [0.25, 0.3) is 11.5 Å². The van der Waals surface area contributed by atoms with Gasteiger partial charge in [-0.3, -0.25) is 14.6 Å². The fourth-order valence-electron chi connectivity index (χ4n) is 2.90. The van der Waals surface area contributed by atoms with E-state index in [0.29, 0.717) is 5.39 Å². The van der Waals surface area contributed by atoms with Crippen LogP contribution in [-0.2, 0) is 6.18 Å². The number of hydrogen-bond donors (Lipinski definition) is 1. The van der Waals surface area contributed by atoms with Gasteiger partial charge in [0.15, 0.2) is 0 Å². The minimum Gasteiger partial charge on any atom is -0.320 e. The summed E-state index contributed by atoms with van der Waals surface area (Å²) in [5, 5.41) is 7.09. The molecule has 0 bridgehead atoms.